The summed E-state index contributed by atoms with van der Waals surface area (Å²) >= 11 is 0. The number of benzene rings is 1. The Morgan fingerprint density at radius 1 is 1.38 bits per heavy atom. The lowest BCUT2D eigenvalue weighted by Gasteiger charge is -2.00. The second-order valence-corrected chi connectivity index (χ2v) is 4.79. The van der Waals surface area contributed by atoms with Crippen LogP contribution in [0.3, 0.4) is 0 Å². The number of ether oxygens (including phenoxy) is 2. The molecule has 3 rings (SSSR count). The highest BCUT2D eigenvalue weighted by Crippen LogP contribution is 2.31. The van der Waals surface area contributed by atoms with E-state index < -0.39 is 5.97 Å². The summed E-state index contributed by atoms with van der Waals surface area (Å²) in [6.45, 7) is 4.72. The van der Waals surface area contributed by atoms with Gasteiger partial charge in [0.25, 0.3) is 0 Å². The Balaban J connectivity index is 1.97. The highest BCUT2D eigenvalue weighted by molar-refractivity contribution is 5.88. The van der Waals surface area contributed by atoms with Gasteiger partial charge in [-0.05, 0) is 37.1 Å². The maximum Gasteiger partial charge on any atom is 0.376 e. The normalized spacial score (nSPS) is 12.9. The Hall–Kier alpha value is -2.30. The molecule has 5 nitrogen and oxygen atoms in total. The fourth-order valence-corrected chi connectivity index (χ4v) is 2.39. The maximum absolute atomic E-state index is 11.9. The van der Waals surface area contributed by atoms with E-state index in [-0.39, 0.29) is 5.76 Å². The van der Waals surface area contributed by atoms with Gasteiger partial charge < -0.3 is 13.9 Å². The fraction of sp³-hybridized carbons (Fsp3) is 0.375. The summed E-state index contributed by atoms with van der Waals surface area (Å²) in [5.41, 5.74) is 2.62. The molecule has 5 heteroatoms. The molecule has 0 radical (unpaired) electrons. The molecule has 0 saturated carbocycles. The summed E-state index contributed by atoms with van der Waals surface area (Å²) < 4.78 is 16.1. The number of aromatic nitrogens is 1. The summed E-state index contributed by atoms with van der Waals surface area (Å²) in [7, 11) is 0. The highest BCUT2D eigenvalue weighted by atomic mass is 16.5. The number of aryl methyl sites for hydroxylation is 1. The average molecular weight is 287 g/mol. The number of esters is 1. The lowest BCUT2D eigenvalue weighted by Crippen LogP contribution is -2.05. The molecule has 1 aromatic carbocycles. The molecule has 0 aliphatic carbocycles. The monoisotopic (exact) mass is 287 g/mol. The fourth-order valence-electron chi connectivity index (χ4n) is 2.39. The average Bonchev–Trinajstić information content (AvgIpc) is 3.13. The second-order valence-electron chi connectivity index (χ2n) is 4.79. The summed E-state index contributed by atoms with van der Waals surface area (Å²) in [5, 5.41) is 0. The zero-order valence-electron chi connectivity index (χ0n) is 12.1. The number of carbonyl (C=O) groups excluding carboxylic acids is 1. The van der Waals surface area contributed by atoms with E-state index in [0.717, 1.165) is 23.3 Å². The molecule has 2 heterocycles. The first-order valence-corrected chi connectivity index (χ1v) is 7.15. The minimum atomic E-state index is -0.461. The molecule has 110 valence electrons. The van der Waals surface area contributed by atoms with Crippen LogP contribution in [0.1, 0.15) is 35.7 Å². The molecule has 0 atom stereocenters. The molecule has 0 saturated heterocycles. The predicted molar refractivity (Wildman–Crippen MR) is 76.5 cm³/mol. The van der Waals surface area contributed by atoms with Crippen LogP contribution in [0.2, 0.25) is 0 Å². The van der Waals surface area contributed by atoms with Crippen LogP contribution in [0.5, 0.6) is 5.75 Å². The van der Waals surface area contributed by atoms with Crippen molar-refractivity contribution in [3.05, 3.63) is 35.2 Å². The molecule has 0 bridgehead atoms. The summed E-state index contributed by atoms with van der Waals surface area (Å²) in [5.74, 6) is 1.10. The third-order valence-corrected chi connectivity index (χ3v) is 3.43. The van der Waals surface area contributed by atoms with E-state index in [9.17, 15) is 4.79 Å². The molecule has 2 aromatic rings. The van der Waals surface area contributed by atoms with Crippen molar-refractivity contribution in [1.29, 1.82) is 0 Å². The van der Waals surface area contributed by atoms with E-state index in [1.807, 2.05) is 25.1 Å². The van der Waals surface area contributed by atoms with Crippen molar-refractivity contribution < 1.29 is 18.7 Å². The first kappa shape index (κ1) is 13.7. The molecule has 0 spiro atoms. The smallest absolute Gasteiger partial charge is 0.376 e. The highest BCUT2D eigenvalue weighted by Gasteiger charge is 2.22. The largest absolute Gasteiger partial charge is 0.493 e. The molecular formula is C16H17NO4. The van der Waals surface area contributed by atoms with Gasteiger partial charge in [0.05, 0.1) is 18.9 Å². The minimum absolute atomic E-state index is 0.200. The Morgan fingerprint density at radius 2 is 2.24 bits per heavy atom. The summed E-state index contributed by atoms with van der Waals surface area (Å²) in [6, 6.07) is 5.81. The van der Waals surface area contributed by atoms with Crippen molar-refractivity contribution in [2.24, 2.45) is 0 Å². The van der Waals surface area contributed by atoms with E-state index in [1.54, 1.807) is 6.92 Å². The van der Waals surface area contributed by atoms with Gasteiger partial charge in [0, 0.05) is 12.0 Å². The van der Waals surface area contributed by atoms with Gasteiger partial charge in [0.2, 0.25) is 11.7 Å². The minimum Gasteiger partial charge on any atom is -0.493 e. The number of hydrogen-bond acceptors (Lipinski definition) is 5. The first-order valence-electron chi connectivity index (χ1n) is 7.15. The number of rotatable bonds is 4. The third-order valence-electron chi connectivity index (χ3n) is 3.43. The van der Waals surface area contributed by atoms with Crippen LogP contribution in [0, 0.1) is 0 Å². The molecular weight excluding hydrogens is 270 g/mol. The zero-order valence-corrected chi connectivity index (χ0v) is 12.1. The molecule has 0 unspecified atom stereocenters. The van der Waals surface area contributed by atoms with E-state index in [2.05, 4.69) is 4.98 Å². The quantitative estimate of drug-likeness (QED) is 0.809. The van der Waals surface area contributed by atoms with E-state index in [4.69, 9.17) is 13.9 Å². The molecule has 1 aliphatic heterocycles. The molecule has 0 amide bonds. The Bertz CT molecular complexity index is 675. The maximum atomic E-state index is 11.9. The van der Waals surface area contributed by atoms with Crippen LogP contribution >= 0.6 is 0 Å². The van der Waals surface area contributed by atoms with Crippen LogP contribution < -0.4 is 4.74 Å². The third kappa shape index (κ3) is 2.51. The van der Waals surface area contributed by atoms with E-state index >= 15 is 0 Å². The second kappa shape index (κ2) is 5.60. The predicted octanol–water partition coefficient (Wildman–Crippen LogP) is 3.02. The molecule has 1 aromatic heterocycles. The number of hydrogen-bond donors (Lipinski definition) is 0. The van der Waals surface area contributed by atoms with Crippen molar-refractivity contribution >= 4 is 5.97 Å². The van der Waals surface area contributed by atoms with Gasteiger partial charge in [-0.15, -0.1) is 0 Å². The van der Waals surface area contributed by atoms with Crippen LogP contribution in [0.25, 0.3) is 11.5 Å². The summed E-state index contributed by atoms with van der Waals surface area (Å²) in [4.78, 5) is 16.3. The van der Waals surface area contributed by atoms with Crippen molar-refractivity contribution in [3.63, 3.8) is 0 Å². The lowest BCUT2D eigenvalue weighted by atomic mass is 10.1. The van der Waals surface area contributed by atoms with Gasteiger partial charge in [-0.2, -0.15) is 0 Å². The van der Waals surface area contributed by atoms with Crippen molar-refractivity contribution in [2.75, 3.05) is 13.2 Å². The van der Waals surface area contributed by atoms with Crippen LogP contribution in [-0.2, 0) is 17.6 Å². The van der Waals surface area contributed by atoms with Gasteiger partial charge in [0.1, 0.15) is 5.75 Å². The van der Waals surface area contributed by atoms with Crippen molar-refractivity contribution in [1.82, 2.24) is 4.98 Å². The summed E-state index contributed by atoms with van der Waals surface area (Å²) in [6.07, 6.45) is 1.50. The molecule has 1 aliphatic rings. The van der Waals surface area contributed by atoms with Gasteiger partial charge in [0.15, 0.2) is 0 Å². The number of carbonyl (C=O) groups is 1. The van der Waals surface area contributed by atoms with Gasteiger partial charge >= 0.3 is 5.97 Å². The van der Waals surface area contributed by atoms with Crippen LogP contribution in [0.15, 0.2) is 22.6 Å². The molecule has 0 fully saturated rings. The topological polar surface area (TPSA) is 61.6 Å². The van der Waals surface area contributed by atoms with Crippen molar-refractivity contribution in [2.45, 2.75) is 26.7 Å². The standard InChI is InChI=1S/C16H17NO4/c1-3-12-14(16(18)19-4-2)21-15(17-12)11-5-6-13-10(9-11)7-8-20-13/h5-6,9H,3-4,7-8H2,1-2H3. The van der Waals surface area contributed by atoms with Crippen LogP contribution in [0.4, 0.5) is 0 Å². The SMILES string of the molecule is CCOC(=O)c1oc(-c2ccc3c(c2)CCO3)nc1CC. The van der Waals surface area contributed by atoms with Gasteiger partial charge in [-0.25, -0.2) is 9.78 Å². The Kier molecular flexibility index (Phi) is 3.64. The zero-order chi connectivity index (χ0) is 14.8. The number of oxazole rings is 1. The van der Waals surface area contributed by atoms with Crippen LogP contribution in [-0.4, -0.2) is 24.2 Å². The van der Waals surface area contributed by atoms with E-state index in [1.165, 1.54) is 0 Å². The van der Waals surface area contributed by atoms with Gasteiger partial charge in [-0.1, -0.05) is 6.92 Å². The van der Waals surface area contributed by atoms with E-state index in [0.29, 0.717) is 31.2 Å². The Morgan fingerprint density at radius 3 is 3.00 bits per heavy atom. The molecule has 21 heavy (non-hydrogen) atoms. The van der Waals surface area contributed by atoms with Gasteiger partial charge in [-0.3, -0.25) is 0 Å². The first-order chi connectivity index (χ1) is 10.2. The Labute approximate surface area is 122 Å². The lowest BCUT2D eigenvalue weighted by molar-refractivity contribution is 0.0489. The number of fused-ring (bicyclic) bond motifs is 1. The molecule has 0 N–H and O–H groups in total. The number of nitrogens with zero attached hydrogens (tertiary/aromatic N) is 1. The van der Waals surface area contributed by atoms with Crippen molar-refractivity contribution in [3.8, 4) is 17.2 Å².